The van der Waals surface area contributed by atoms with Gasteiger partial charge in [-0.05, 0) is 25.1 Å². The van der Waals surface area contributed by atoms with Gasteiger partial charge in [0.05, 0.1) is 18.6 Å². The summed E-state index contributed by atoms with van der Waals surface area (Å²) in [4.78, 5) is 1.78. The van der Waals surface area contributed by atoms with Crippen molar-refractivity contribution in [3.05, 3.63) is 23.2 Å². The van der Waals surface area contributed by atoms with Crippen LogP contribution in [0.15, 0.2) is 18.2 Å². The van der Waals surface area contributed by atoms with E-state index < -0.39 is 10.1 Å². The molecule has 0 bridgehead atoms. The number of benzene rings is 1. The lowest BCUT2D eigenvalue weighted by molar-refractivity contribution is 0.414. The maximum Gasteiger partial charge on any atom is 0.266 e. The molecule has 0 fully saturated rings. The van der Waals surface area contributed by atoms with Gasteiger partial charge in [-0.1, -0.05) is 11.6 Å². The van der Waals surface area contributed by atoms with Crippen molar-refractivity contribution < 1.29 is 17.7 Å². The monoisotopic (exact) mass is 293 g/mol. The van der Waals surface area contributed by atoms with Crippen molar-refractivity contribution in [3.8, 4) is 5.75 Å². The van der Waals surface area contributed by atoms with E-state index in [0.717, 1.165) is 0 Å². The van der Waals surface area contributed by atoms with Gasteiger partial charge in [0.1, 0.15) is 5.75 Å². The molecular formula is C11H16ClNO4S. The van der Waals surface area contributed by atoms with Crippen LogP contribution in [0.2, 0.25) is 5.02 Å². The molecule has 0 aromatic heterocycles. The fourth-order valence-corrected chi connectivity index (χ4v) is 2.20. The predicted octanol–water partition coefficient (Wildman–Crippen LogP) is 2.06. The van der Waals surface area contributed by atoms with Crippen LogP contribution >= 0.6 is 11.6 Å². The highest BCUT2D eigenvalue weighted by Gasteiger charge is 2.14. The molecule has 0 unspecified atom stereocenters. The number of hydrogen-bond donors (Lipinski definition) is 1. The minimum Gasteiger partial charge on any atom is -0.495 e. The second-order valence-corrected chi connectivity index (χ2v) is 5.69. The Morgan fingerprint density at radius 2 is 2.11 bits per heavy atom. The van der Waals surface area contributed by atoms with Gasteiger partial charge in [-0.15, -0.1) is 0 Å². The minimum atomic E-state index is -3.98. The van der Waals surface area contributed by atoms with E-state index in [1.807, 2.05) is 6.92 Å². The molecule has 0 aliphatic carbocycles. The summed E-state index contributed by atoms with van der Waals surface area (Å²) in [5, 5.41) is 0.538. The van der Waals surface area contributed by atoms with E-state index >= 15 is 0 Å². The first-order valence-corrected chi connectivity index (χ1v) is 7.39. The molecule has 5 nitrogen and oxygen atoms in total. The fourth-order valence-electron chi connectivity index (χ4n) is 1.58. The number of anilines is 1. The van der Waals surface area contributed by atoms with Crippen molar-refractivity contribution in [2.24, 2.45) is 0 Å². The van der Waals surface area contributed by atoms with Crippen LogP contribution in [0.1, 0.15) is 6.92 Å². The molecule has 18 heavy (non-hydrogen) atoms. The Kier molecular flexibility index (Phi) is 5.25. The van der Waals surface area contributed by atoms with E-state index in [-0.39, 0.29) is 12.3 Å². The zero-order valence-electron chi connectivity index (χ0n) is 10.3. The molecule has 0 spiro atoms. The van der Waals surface area contributed by atoms with Crippen molar-refractivity contribution in [2.45, 2.75) is 6.92 Å². The molecule has 0 atom stereocenters. The van der Waals surface area contributed by atoms with Crippen LogP contribution in [0, 0.1) is 0 Å². The van der Waals surface area contributed by atoms with Crippen LogP contribution in [0.25, 0.3) is 0 Å². The molecule has 0 radical (unpaired) electrons. The van der Waals surface area contributed by atoms with Crippen LogP contribution in [0.4, 0.5) is 5.69 Å². The molecule has 0 aliphatic rings. The van der Waals surface area contributed by atoms with Crippen molar-refractivity contribution in [1.82, 2.24) is 0 Å². The predicted molar refractivity (Wildman–Crippen MR) is 72.3 cm³/mol. The third kappa shape index (κ3) is 4.36. The van der Waals surface area contributed by atoms with Crippen LogP contribution < -0.4 is 9.64 Å². The second-order valence-electron chi connectivity index (χ2n) is 3.68. The standard InChI is InChI=1S/C11H16ClNO4S/c1-3-13(6-7-18(14,15)16)10-8-9(12)4-5-11(10)17-2/h4-5,8H,3,6-7H2,1-2H3,(H,14,15,16). The molecule has 0 saturated heterocycles. The van der Waals surface area contributed by atoms with Crippen LogP contribution in [0.3, 0.4) is 0 Å². The van der Waals surface area contributed by atoms with E-state index in [1.54, 1.807) is 23.1 Å². The molecule has 1 N–H and O–H groups in total. The lowest BCUT2D eigenvalue weighted by atomic mass is 10.2. The Hall–Kier alpha value is -0.980. The van der Waals surface area contributed by atoms with Crippen molar-refractivity contribution in [1.29, 1.82) is 0 Å². The highest BCUT2D eigenvalue weighted by molar-refractivity contribution is 7.85. The smallest absolute Gasteiger partial charge is 0.266 e. The molecule has 0 aliphatic heterocycles. The zero-order chi connectivity index (χ0) is 13.8. The minimum absolute atomic E-state index is 0.173. The summed E-state index contributed by atoms with van der Waals surface area (Å²) in [5.41, 5.74) is 0.705. The van der Waals surface area contributed by atoms with E-state index in [2.05, 4.69) is 0 Å². The van der Waals surface area contributed by atoms with Gasteiger partial charge in [0.2, 0.25) is 0 Å². The molecule has 7 heteroatoms. The molecule has 0 heterocycles. The van der Waals surface area contributed by atoms with Crippen LogP contribution in [-0.4, -0.2) is 38.9 Å². The third-order valence-corrected chi connectivity index (χ3v) is 3.42. The lowest BCUT2D eigenvalue weighted by Gasteiger charge is -2.24. The quantitative estimate of drug-likeness (QED) is 0.813. The van der Waals surface area contributed by atoms with E-state index in [1.165, 1.54) is 7.11 Å². The Balaban J connectivity index is 2.97. The molecule has 102 valence electrons. The highest BCUT2D eigenvalue weighted by atomic mass is 35.5. The fraction of sp³-hybridized carbons (Fsp3) is 0.455. The first-order valence-electron chi connectivity index (χ1n) is 5.41. The van der Waals surface area contributed by atoms with Crippen LogP contribution in [-0.2, 0) is 10.1 Å². The summed E-state index contributed by atoms with van der Waals surface area (Å²) in [5.74, 6) is 0.271. The third-order valence-electron chi connectivity index (χ3n) is 2.48. The number of nitrogens with zero attached hydrogens (tertiary/aromatic N) is 1. The molecule has 1 aromatic rings. The summed E-state index contributed by atoms with van der Waals surface area (Å²) in [6.07, 6.45) is 0. The van der Waals surface area contributed by atoms with Crippen molar-refractivity contribution >= 4 is 27.4 Å². The summed E-state index contributed by atoms with van der Waals surface area (Å²) >= 11 is 5.92. The molecule has 0 amide bonds. The first-order chi connectivity index (χ1) is 8.37. The highest BCUT2D eigenvalue weighted by Crippen LogP contribution is 2.31. The largest absolute Gasteiger partial charge is 0.495 e. The first kappa shape index (κ1) is 15.1. The zero-order valence-corrected chi connectivity index (χ0v) is 11.8. The normalized spacial score (nSPS) is 11.3. The topological polar surface area (TPSA) is 66.8 Å². The number of ether oxygens (including phenoxy) is 1. The van der Waals surface area contributed by atoms with Gasteiger partial charge in [-0.25, -0.2) is 0 Å². The van der Waals surface area contributed by atoms with Gasteiger partial charge >= 0.3 is 0 Å². The Morgan fingerprint density at radius 1 is 1.44 bits per heavy atom. The molecular weight excluding hydrogens is 278 g/mol. The average molecular weight is 294 g/mol. The number of methoxy groups -OCH3 is 1. The summed E-state index contributed by atoms with van der Waals surface area (Å²) < 4.78 is 35.5. The number of rotatable bonds is 6. The summed E-state index contributed by atoms with van der Waals surface area (Å²) in [6, 6.07) is 5.11. The van der Waals surface area contributed by atoms with Gasteiger partial charge in [0.15, 0.2) is 0 Å². The van der Waals surface area contributed by atoms with E-state index in [9.17, 15) is 8.42 Å². The maximum atomic E-state index is 10.8. The summed E-state index contributed by atoms with van der Waals surface area (Å²) in [7, 11) is -2.45. The summed E-state index contributed by atoms with van der Waals surface area (Å²) in [6.45, 7) is 2.63. The van der Waals surface area contributed by atoms with E-state index in [4.69, 9.17) is 20.9 Å². The van der Waals surface area contributed by atoms with Gasteiger partial charge in [0.25, 0.3) is 10.1 Å². The molecule has 0 saturated carbocycles. The lowest BCUT2D eigenvalue weighted by Crippen LogP contribution is -2.29. The Morgan fingerprint density at radius 3 is 2.61 bits per heavy atom. The second kappa shape index (κ2) is 6.26. The van der Waals surface area contributed by atoms with Crippen LogP contribution in [0.5, 0.6) is 5.75 Å². The number of halogens is 1. The van der Waals surface area contributed by atoms with Gasteiger partial charge in [0, 0.05) is 18.1 Å². The van der Waals surface area contributed by atoms with Crippen molar-refractivity contribution in [2.75, 3.05) is 30.9 Å². The molecule has 1 rings (SSSR count). The van der Waals surface area contributed by atoms with Gasteiger partial charge in [-0.3, -0.25) is 4.55 Å². The van der Waals surface area contributed by atoms with E-state index in [0.29, 0.717) is 23.0 Å². The maximum absolute atomic E-state index is 10.8. The Bertz CT molecular complexity index is 504. The van der Waals surface area contributed by atoms with Gasteiger partial charge < -0.3 is 9.64 Å². The molecule has 1 aromatic carbocycles. The average Bonchev–Trinajstić information content (AvgIpc) is 2.28. The van der Waals surface area contributed by atoms with Crippen molar-refractivity contribution in [3.63, 3.8) is 0 Å². The number of hydrogen-bond acceptors (Lipinski definition) is 4. The SMILES string of the molecule is CCN(CCS(=O)(=O)O)c1cc(Cl)ccc1OC. The van der Waals surface area contributed by atoms with Gasteiger partial charge in [-0.2, -0.15) is 8.42 Å². The Labute approximate surface area is 112 Å².